The number of benzene rings is 1. The number of fused-ring (bicyclic) bond motifs is 1. The van der Waals surface area contributed by atoms with Crippen molar-refractivity contribution in [3.05, 3.63) is 27.7 Å². The molecule has 0 saturated carbocycles. The van der Waals surface area contributed by atoms with Crippen molar-refractivity contribution in [3.8, 4) is 0 Å². The van der Waals surface area contributed by atoms with Gasteiger partial charge in [-0.1, -0.05) is 34.0 Å². The van der Waals surface area contributed by atoms with Gasteiger partial charge in [0.25, 0.3) is 0 Å². The summed E-state index contributed by atoms with van der Waals surface area (Å²) in [5.74, 6) is 0. The molecule has 2 saturated heterocycles. The van der Waals surface area contributed by atoms with Gasteiger partial charge in [0.15, 0.2) is 0 Å². The Balaban J connectivity index is 1.80. The van der Waals surface area contributed by atoms with Gasteiger partial charge in [-0.2, -0.15) is 0 Å². The standard InChI is InChI=1S/C15H20BrClN2/c16-12-5-6-15(14(17)10-12)19-9-3-8-18-7-2-1-4-13(18)11-19/h5-6,10,13H,1-4,7-9,11H2. The molecule has 2 fully saturated rings. The quantitative estimate of drug-likeness (QED) is 0.755. The Labute approximate surface area is 128 Å². The second kappa shape index (κ2) is 6.02. The summed E-state index contributed by atoms with van der Waals surface area (Å²) in [6.07, 6.45) is 5.33. The van der Waals surface area contributed by atoms with Crippen LogP contribution in [0.3, 0.4) is 0 Å². The molecule has 1 atom stereocenters. The van der Waals surface area contributed by atoms with E-state index in [0.29, 0.717) is 0 Å². The first-order valence-electron chi connectivity index (χ1n) is 7.18. The largest absolute Gasteiger partial charge is 0.369 e. The topological polar surface area (TPSA) is 6.48 Å². The SMILES string of the molecule is Clc1cc(Br)ccc1N1CCCN2CCCCC2C1. The minimum Gasteiger partial charge on any atom is -0.369 e. The predicted molar refractivity (Wildman–Crippen MR) is 85.2 cm³/mol. The normalized spacial score (nSPS) is 24.9. The van der Waals surface area contributed by atoms with Crippen molar-refractivity contribution >= 4 is 33.2 Å². The third kappa shape index (κ3) is 3.09. The van der Waals surface area contributed by atoms with Crippen LogP contribution in [0.4, 0.5) is 5.69 Å². The Bertz CT molecular complexity index is 452. The Morgan fingerprint density at radius 3 is 2.79 bits per heavy atom. The summed E-state index contributed by atoms with van der Waals surface area (Å²) in [6.45, 7) is 4.78. The summed E-state index contributed by atoms with van der Waals surface area (Å²) in [4.78, 5) is 5.15. The van der Waals surface area contributed by atoms with Crippen LogP contribution in [0.1, 0.15) is 25.7 Å². The van der Waals surface area contributed by atoms with Crippen LogP contribution in [-0.2, 0) is 0 Å². The van der Waals surface area contributed by atoms with Crippen molar-refractivity contribution in [1.29, 1.82) is 0 Å². The fourth-order valence-corrected chi connectivity index (χ4v) is 4.12. The number of halogens is 2. The molecule has 0 N–H and O–H groups in total. The summed E-state index contributed by atoms with van der Waals surface area (Å²) in [5, 5.41) is 0.860. The molecular formula is C15H20BrClN2. The minimum absolute atomic E-state index is 0.718. The lowest BCUT2D eigenvalue weighted by molar-refractivity contribution is 0.162. The summed E-state index contributed by atoms with van der Waals surface area (Å²) in [6, 6.07) is 6.95. The molecule has 19 heavy (non-hydrogen) atoms. The van der Waals surface area contributed by atoms with Crippen LogP contribution in [0, 0.1) is 0 Å². The molecule has 0 bridgehead atoms. The Hall–Kier alpha value is -0.250. The molecular weight excluding hydrogens is 324 g/mol. The number of rotatable bonds is 1. The highest BCUT2D eigenvalue weighted by molar-refractivity contribution is 9.10. The maximum Gasteiger partial charge on any atom is 0.0650 e. The Morgan fingerprint density at radius 2 is 1.95 bits per heavy atom. The van der Waals surface area contributed by atoms with Crippen molar-refractivity contribution in [1.82, 2.24) is 4.90 Å². The first kappa shape index (κ1) is 13.7. The number of piperidine rings is 1. The molecule has 3 rings (SSSR count). The van der Waals surface area contributed by atoms with Crippen molar-refractivity contribution < 1.29 is 0 Å². The first-order valence-corrected chi connectivity index (χ1v) is 8.35. The predicted octanol–water partition coefficient (Wildman–Crippen LogP) is 4.17. The number of hydrogen-bond donors (Lipinski definition) is 0. The van der Waals surface area contributed by atoms with E-state index < -0.39 is 0 Å². The van der Waals surface area contributed by atoms with Crippen molar-refractivity contribution in [2.24, 2.45) is 0 Å². The van der Waals surface area contributed by atoms with E-state index in [1.807, 2.05) is 6.07 Å². The van der Waals surface area contributed by atoms with Crippen LogP contribution < -0.4 is 4.90 Å². The van der Waals surface area contributed by atoms with Crippen LogP contribution in [0.15, 0.2) is 22.7 Å². The molecule has 1 aromatic carbocycles. The molecule has 4 heteroatoms. The molecule has 2 aliphatic rings. The van der Waals surface area contributed by atoms with Gasteiger partial charge in [-0.3, -0.25) is 4.90 Å². The molecule has 0 amide bonds. The van der Waals surface area contributed by atoms with Gasteiger partial charge in [0.05, 0.1) is 10.7 Å². The Kier molecular flexibility index (Phi) is 4.35. The minimum atomic E-state index is 0.718. The average Bonchev–Trinajstić information content (AvgIpc) is 2.60. The molecule has 0 aromatic heterocycles. The summed E-state index contributed by atoms with van der Waals surface area (Å²) in [7, 11) is 0. The van der Waals surface area contributed by atoms with E-state index in [1.165, 1.54) is 44.5 Å². The monoisotopic (exact) mass is 342 g/mol. The van der Waals surface area contributed by atoms with Crippen molar-refractivity contribution in [2.45, 2.75) is 31.7 Å². The zero-order chi connectivity index (χ0) is 13.2. The highest BCUT2D eigenvalue weighted by atomic mass is 79.9. The molecule has 2 nitrogen and oxygen atoms in total. The molecule has 2 heterocycles. The summed E-state index contributed by atoms with van der Waals surface area (Å²) in [5.41, 5.74) is 1.19. The summed E-state index contributed by atoms with van der Waals surface area (Å²) < 4.78 is 1.05. The van der Waals surface area contributed by atoms with Crippen molar-refractivity contribution in [2.75, 3.05) is 31.1 Å². The van der Waals surface area contributed by atoms with Gasteiger partial charge >= 0.3 is 0 Å². The molecule has 1 aromatic rings. The average molecular weight is 344 g/mol. The van der Waals surface area contributed by atoms with E-state index in [1.54, 1.807) is 0 Å². The smallest absolute Gasteiger partial charge is 0.0650 e. The van der Waals surface area contributed by atoms with E-state index >= 15 is 0 Å². The number of nitrogens with zero attached hydrogens (tertiary/aromatic N) is 2. The van der Waals surface area contributed by atoms with E-state index in [2.05, 4.69) is 37.9 Å². The maximum absolute atomic E-state index is 6.41. The third-order valence-corrected chi connectivity index (χ3v) is 5.10. The highest BCUT2D eigenvalue weighted by Crippen LogP contribution is 2.31. The van der Waals surface area contributed by atoms with Gasteiger partial charge in [-0.05, 0) is 44.0 Å². The van der Waals surface area contributed by atoms with E-state index in [-0.39, 0.29) is 0 Å². The van der Waals surface area contributed by atoms with Gasteiger partial charge in [0.2, 0.25) is 0 Å². The Morgan fingerprint density at radius 1 is 1.11 bits per heavy atom. The van der Waals surface area contributed by atoms with Gasteiger partial charge in [0, 0.05) is 30.1 Å². The van der Waals surface area contributed by atoms with Crippen LogP contribution in [-0.4, -0.2) is 37.1 Å². The van der Waals surface area contributed by atoms with E-state index in [0.717, 1.165) is 28.6 Å². The third-order valence-electron chi connectivity index (χ3n) is 4.30. The van der Waals surface area contributed by atoms with Crippen molar-refractivity contribution in [3.63, 3.8) is 0 Å². The molecule has 0 spiro atoms. The van der Waals surface area contributed by atoms with Gasteiger partial charge < -0.3 is 4.90 Å². The first-order chi connectivity index (χ1) is 9.24. The zero-order valence-corrected chi connectivity index (χ0v) is 13.5. The maximum atomic E-state index is 6.41. The molecule has 2 aliphatic heterocycles. The lowest BCUT2D eigenvalue weighted by Crippen LogP contribution is -2.44. The van der Waals surface area contributed by atoms with Gasteiger partial charge in [-0.25, -0.2) is 0 Å². The number of hydrogen-bond acceptors (Lipinski definition) is 2. The number of anilines is 1. The van der Waals surface area contributed by atoms with Crippen LogP contribution in [0.2, 0.25) is 5.02 Å². The van der Waals surface area contributed by atoms with Gasteiger partial charge in [-0.15, -0.1) is 0 Å². The van der Waals surface area contributed by atoms with E-state index in [4.69, 9.17) is 11.6 Å². The summed E-state index contributed by atoms with van der Waals surface area (Å²) >= 11 is 9.89. The molecule has 1 unspecified atom stereocenters. The highest BCUT2D eigenvalue weighted by Gasteiger charge is 2.27. The van der Waals surface area contributed by atoms with Crippen LogP contribution >= 0.6 is 27.5 Å². The fraction of sp³-hybridized carbons (Fsp3) is 0.600. The zero-order valence-electron chi connectivity index (χ0n) is 11.1. The molecule has 104 valence electrons. The second-order valence-corrected chi connectivity index (χ2v) is 6.90. The lowest BCUT2D eigenvalue weighted by Gasteiger charge is -2.36. The van der Waals surface area contributed by atoms with E-state index in [9.17, 15) is 0 Å². The second-order valence-electron chi connectivity index (χ2n) is 5.58. The van der Waals surface area contributed by atoms with Crippen LogP contribution in [0.5, 0.6) is 0 Å². The van der Waals surface area contributed by atoms with Gasteiger partial charge in [0.1, 0.15) is 0 Å². The molecule has 0 radical (unpaired) electrons. The lowest BCUT2D eigenvalue weighted by atomic mass is 10.0. The van der Waals surface area contributed by atoms with Crippen LogP contribution in [0.25, 0.3) is 0 Å². The molecule has 0 aliphatic carbocycles. The fourth-order valence-electron chi connectivity index (χ4n) is 3.33.